The van der Waals surface area contributed by atoms with Gasteiger partial charge in [0.1, 0.15) is 0 Å². The van der Waals surface area contributed by atoms with E-state index in [1.165, 1.54) is 6.42 Å². The van der Waals surface area contributed by atoms with Gasteiger partial charge in [-0.15, -0.1) is 5.06 Å². The van der Waals surface area contributed by atoms with Crippen LogP contribution in [0.4, 0.5) is 0 Å². The van der Waals surface area contributed by atoms with Gasteiger partial charge in [-0.1, -0.05) is 12.0 Å². The Kier molecular flexibility index (Phi) is 4.14. The van der Waals surface area contributed by atoms with E-state index < -0.39 is 0 Å². The SMILES string of the molecule is CC(C)=C(C)C(=O)ON1CCCCC1(C)C. The molecule has 0 atom stereocenters. The minimum atomic E-state index is -0.213. The number of carbonyl (C=O) groups excluding carboxylic acids is 1. The van der Waals surface area contributed by atoms with Gasteiger partial charge in [-0.25, -0.2) is 4.79 Å². The van der Waals surface area contributed by atoms with Gasteiger partial charge >= 0.3 is 5.97 Å². The maximum Gasteiger partial charge on any atom is 0.352 e. The van der Waals surface area contributed by atoms with E-state index in [0.29, 0.717) is 5.57 Å². The molecule has 0 N–H and O–H groups in total. The number of hydrogen-bond acceptors (Lipinski definition) is 3. The highest BCUT2D eigenvalue weighted by Gasteiger charge is 2.33. The zero-order chi connectivity index (χ0) is 12.3. The van der Waals surface area contributed by atoms with Crippen LogP contribution >= 0.6 is 0 Å². The maximum atomic E-state index is 11.8. The number of rotatable bonds is 2. The fraction of sp³-hybridized carbons (Fsp3) is 0.769. The van der Waals surface area contributed by atoms with Crippen LogP contribution in [0.2, 0.25) is 0 Å². The van der Waals surface area contributed by atoms with E-state index in [1.807, 2.05) is 25.8 Å². The fourth-order valence-electron chi connectivity index (χ4n) is 1.78. The summed E-state index contributed by atoms with van der Waals surface area (Å²) in [4.78, 5) is 17.3. The minimum Gasteiger partial charge on any atom is -0.364 e. The number of allylic oxidation sites excluding steroid dienone is 1. The highest BCUT2D eigenvalue weighted by Crippen LogP contribution is 2.27. The summed E-state index contributed by atoms with van der Waals surface area (Å²) in [5, 5.41) is 1.84. The van der Waals surface area contributed by atoms with Gasteiger partial charge in [0, 0.05) is 12.1 Å². The molecule has 3 nitrogen and oxygen atoms in total. The van der Waals surface area contributed by atoms with Gasteiger partial charge in [-0.2, -0.15) is 0 Å². The van der Waals surface area contributed by atoms with E-state index in [1.54, 1.807) is 0 Å². The number of nitrogens with zero attached hydrogens (tertiary/aromatic N) is 1. The first-order chi connectivity index (χ1) is 7.34. The van der Waals surface area contributed by atoms with Crippen molar-refractivity contribution < 1.29 is 9.63 Å². The molecule has 0 aromatic heterocycles. The zero-order valence-corrected chi connectivity index (χ0v) is 11.1. The third-order valence-corrected chi connectivity index (χ3v) is 3.32. The smallest absolute Gasteiger partial charge is 0.352 e. The predicted molar refractivity (Wildman–Crippen MR) is 64.8 cm³/mol. The Morgan fingerprint density at radius 3 is 2.31 bits per heavy atom. The summed E-state index contributed by atoms with van der Waals surface area (Å²) in [6, 6.07) is 0. The van der Waals surface area contributed by atoms with Crippen LogP contribution in [0.25, 0.3) is 0 Å². The molecule has 1 saturated heterocycles. The molecule has 0 aromatic carbocycles. The zero-order valence-electron chi connectivity index (χ0n) is 11.1. The highest BCUT2D eigenvalue weighted by atomic mass is 16.7. The largest absolute Gasteiger partial charge is 0.364 e. The molecule has 1 rings (SSSR count). The topological polar surface area (TPSA) is 29.5 Å². The average molecular weight is 225 g/mol. The fourth-order valence-corrected chi connectivity index (χ4v) is 1.78. The predicted octanol–water partition coefficient (Wildman–Crippen LogP) is 3.07. The maximum absolute atomic E-state index is 11.8. The second-order valence-electron chi connectivity index (χ2n) is 5.38. The lowest BCUT2D eigenvalue weighted by Crippen LogP contribution is -2.48. The first-order valence-electron chi connectivity index (χ1n) is 5.98. The van der Waals surface area contributed by atoms with E-state index in [9.17, 15) is 4.79 Å². The van der Waals surface area contributed by atoms with Crippen molar-refractivity contribution in [1.82, 2.24) is 5.06 Å². The van der Waals surface area contributed by atoms with Crippen LogP contribution in [-0.2, 0) is 9.63 Å². The lowest BCUT2D eigenvalue weighted by molar-refractivity contribution is -0.221. The monoisotopic (exact) mass is 225 g/mol. The Balaban J connectivity index is 2.66. The summed E-state index contributed by atoms with van der Waals surface area (Å²) in [6.07, 6.45) is 3.39. The molecular formula is C13H23NO2. The van der Waals surface area contributed by atoms with Crippen LogP contribution in [0.5, 0.6) is 0 Å². The Morgan fingerprint density at radius 2 is 1.81 bits per heavy atom. The summed E-state index contributed by atoms with van der Waals surface area (Å²) in [5.41, 5.74) is 1.69. The van der Waals surface area contributed by atoms with Crippen molar-refractivity contribution in [3.63, 3.8) is 0 Å². The summed E-state index contributed by atoms with van der Waals surface area (Å²) < 4.78 is 0. The lowest BCUT2D eigenvalue weighted by Gasteiger charge is -2.40. The second-order valence-corrected chi connectivity index (χ2v) is 5.38. The third-order valence-electron chi connectivity index (χ3n) is 3.32. The molecule has 0 unspecified atom stereocenters. The lowest BCUT2D eigenvalue weighted by atomic mass is 9.93. The Labute approximate surface area is 98.4 Å². The molecule has 0 amide bonds. The van der Waals surface area contributed by atoms with E-state index in [-0.39, 0.29) is 11.5 Å². The van der Waals surface area contributed by atoms with Gasteiger partial charge in [-0.3, -0.25) is 0 Å². The normalized spacial score (nSPS) is 20.3. The quantitative estimate of drug-likeness (QED) is 0.676. The first kappa shape index (κ1) is 13.2. The third kappa shape index (κ3) is 3.08. The molecule has 0 aliphatic carbocycles. The number of piperidine rings is 1. The van der Waals surface area contributed by atoms with Crippen molar-refractivity contribution in [3.05, 3.63) is 11.1 Å². The Morgan fingerprint density at radius 1 is 1.19 bits per heavy atom. The molecule has 0 bridgehead atoms. The van der Waals surface area contributed by atoms with Crippen molar-refractivity contribution in [2.45, 2.75) is 59.4 Å². The van der Waals surface area contributed by atoms with Crippen molar-refractivity contribution >= 4 is 5.97 Å². The Bertz CT molecular complexity index is 301. The summed E-state index contributed by atoms with van der Waals surface area (Å²) >= 11 is 0. The van der Waals surface area contributed by atoms with Gasteiger partial charge in [0.05, 0.1) is 5.54 Å². The summed E-state index contributed by atoms with van der Waals surface area (Å²) in [5.74, 6) is -0.213. The number of hydrogen-bond donors (Lipinski definition) is 0. The summed E-state index contributed by atoms with van der Waals surface area (Å²) in [7, 11) is 0. The van der Waals surface area contributed by atoms with Gasteiger partial charge in [-0.05, 0) is 47.5 Å². The van der Waals surface area contributed by atoms with E-state index in [4.69, 9.17) is 4.84 Å². The number of hydroxylamine groups is 2. The van der Waals surface area contributed by atoms with Gasteiger partial charge in [0.2, 0.25) is 0 Å². The van der Waals surface area contributed by atoms with Crippen LogP contribution in [0.15, 0.2) is 11.1 Å². The van der Waals surface area contributed by atoms with E-state index in [2.05, 4.69) is 13.8 Å². The molecule has 0 aromatic rings. The molecule has 0 radical (unpaired) electrons. The molecule has 92 valence electrons. The standard InChI is InChI=1S/C13H23NO2/c1-10(2)11(3)12(15)16-14-9-7-6-8-13(14,4)5/h6-9H2,1-5H3. The second kappa shape index (κ2) is 5.00. The molecule has 1 heterocycles. The molecule has 1 aliphatic rings. The van der Waals surface area contributed by atoms with Crippen molar-refractivity contribution in [2.75, 3.05) is 6.54 Å². The van der Waals surface area contributed by atoms with Crippen LogP contribution in [-0.4, -0.2) is 23.1 Å². The minimum absolute atomic E-state index is 0.0319. The molecule has 0 saturated carbocycles. The average Bonchev–Trinajstić information content (AvgIpc) is 2.19. The van der Waals surface area contributed by atoms with E-state index in [0.717, 1.165) is 25.0 Å². The molecular weight excluding hydrogens is 202 g/mol. The molecule has 3 heteroatoms. The van der Waals surface area contributed by atoms with Crippen molar-refractivity contribution in [3.8, 4) is 0 Å². The van der Waals surface area contributed by atoms with Gasteiger partial charge in [0.25, 0.3) is 0 Å². The molecule has 1 fully saturated rings. The van der Waals surface area contributed by atoms with Crippen molar-refractivity contribution in [1.29, 1.82) is 0 Å². The molecule has 0 spiro atoms. The van der Waals surface area contributed by atoms with Crippen LogP contribution in [0.1, 0.15) is 53.9 Å². The Hall–Kier alpha value is -0.830. The highest BCUT2D eigenvalue weighted by molar-refractivity contribution is 5.88. The van der Waals surface area contributed by atoms with Crippen molar-refractivity contribution in [2.24, 2.45) is 0 Å². The van der Waals surface area contributed by atoms with Crippen LogP contribution < -0.4 is 0 Å². The van der Waals surface area contributed by atoms with Gasteiger partial charge < -0.3 is 4.84 Å². The van der Waals surface area contributed by atoms with Gasteiger partial charge in [0.15, 0.2) is 0 Å². The van der Waals surface area contributed by atoms with Crippen LogP contribution in [0, 0.1) is 0 Å². The molecule has 16 heavy (non-hydrogen) atoms. The van der Waals surface area contributed by atoms with Crippen LogP contribution in [0.3, 0.4) is 0 Å². The molecule has 1 aliphatic heterocycles. The first-order valence-corrected chi connectivity index (χ1v) is 5.98. The summed E-state index contributed by atoms with van der Waals surface area (Å²) in [6.45, 7) is 10.8. The number of carbonyl (C=O) groups is 1. The van der Waals surface area contributed by atoms with E-state index >= 15 is 0 Å².